The van der Waals surface area contributed by atoms with Crippen molar-refractivity contribution in [3.8, 4) is 28.3 Å². The Balaban J connectivity index is 1.45. The molecule has 0 radical (unpaired) electrons. The number of hydrogen-bond acceptors (Lipinski definition) is 2. The molecule has 0 atom stereocenters. The molecule has 39 heavy (non-hydrogen) atoms. The SMILES string of the molecule is c1ccc(-c2ccc3c(c2)c2ccccc2n3-c2nc(-c3cccc4ccccc34)c3ccccc3n2)cc1. The first-order valence-electron chi connectivity index (χ1n) is 13.2. The molecule has 0 bridgehead atoms. The van der Waals surface area contributed by atoms with E-state index in [4.69, 9.17) is 9.97 Å². The van der Waals surface area contributed by atoms with Crippen LogP contribution in [0.1, 0.15) is 0 Å². The Morgan fingerprint density at radius 3 is 2.03 bits per heavy atom. The van der Waals surface area contributed by atoms with Crippen molar-refractivity contribution in [3.05, 3.63) is 140 Å². The minimum Gasteiger partial charge on any atom is -0.278 e. The van der Waals surface area contributed by atoms with Crippen LogP contribution >= 0.6 is 0 Å². The van der Waals surface area contributed by atoms with Crippen LogP contribution in [-0.4, -0.2) is 14.5 Å². The van der Waals surface area contributed by atoms with Crippen LogP contribution in [0.25, 0.3) is 71.8 Å². The third-order valence-electron chi connectivity index (χ3n) is 7.62. The van der Waals surface area contributed by atoms with Crippen molar-refractivity contribution >= 4 is 43.5 Å². The molecular formula is C36H23N3. The summed E-state index contributed by atoms with van der Waals surface area (Å²) in [5, 5.41) is 5.81. The van der Waals surface area contributed by atoms with Crippen LogP contribution in [-0.2, 0) is 0 Å². The summed E-state index contributed by atoms with van der Waals surface area (Å²) in [6, 6.07) is 49.0. The van der Waals surface area contributed by atoms with Crippen molar-refractivity contribution in [2.24, 2.45) is 0 Å². The zero-order chi connectivity index (χ0) is 25.8. The average Bonchev–Trinajstić information content (AvgIpc) is 3.34. The molecule has 2 aromatic heterocycles. The Labute approximate surface area is 225 Å². The van der Waals surface area contributed by atoms with Gasteiger partial charge in [-0.15, -0.1) is 0 Å². The van der Waals surface area contributed by atoms with Gasteiger partial charge in [0.1, 0.15) is 0 Å². The Hall–Kier alpha value is -5.28. The van der Waals surface area contributed by atoms with Crippen LogP contribution in [0.3, 0.4) is 0 Å². The molecular weight excluding hydrogens is 474 g/mol. The molecule has 0 spiro atoms. The van der Waals surface area contributed by atoms with E-state index in [-0.39, 0.29) is 0 Å². The largest absolute Gasteiger partial charge is 0.278 e. The number of fused-ring (bicyclic) bond motifs is 5. The maximum absolute atomic E-state index is 5.30. The van der Waals surface area contributed by atoms with Gasteiger partial charge in [0.2, 0.25) is 5.95 Å². The van der Waals surface area contributed by atoms with Crippen LogP contribution in [0.15, 0.2) is 140 Å². The second-order valence-electron chi connectivity index (χ2n) is 9.87. The average molecular weight is 498 g/mol. The van der Waals surface area contributed by atoms with Crippen molar-refractivity contribution in [3.63, 3.8) is 0 Å². The van der Waals surface area contributed by atoms with E-state index in [1.54, 1.807) is 0 Å². The van der Waals surface area contributed by atoms with Crippen molar-refractivity contribution in [2.45, 2.75) is 0 Å². The molecule has 6 aromatic carbocycles. The minimum atomic E-state index is 0.676. The van der Waals surface area contributed by atoms with Gasteiger partial charge in [-0.2, -0.15) is 0 Å². The third kappa shape index (κ3) is 3.44. The number of rotatable bonds is 3. The number of benzene rings is 6. The molecule has 0 fully saturated rings. The number of hydrogen-bond donors (Lipinski definition) is 0. The maximum Gasteiger partial charge on any atom is 0.235 e. The van der Waals surface area contributed by atoms with Crippen LogP contribution in [0.4, 0.5) is 0 Å². The van der Waals surface area contributed by atoms with Crippen LogP contribution in [0.2, 0.25) is 0 Å². The van der Waals surface area contributed by atoms with E-state index in [1.165, 1.54) is 32.7 Å². The predicted molar refractivity (Wildman–Crippen MR) is 162 cm³/mol. The fraction of sp³-hybridized carbons (Fsp3) is 0. The zero-order valence-electron chi connectivity index (χ0n) is 21.1. The van der Waals surface area contributed by atoms with Gasteiger partial charge in [0, 0.05) is 21.7 Å². The topological polar surface area (TPSA) is 30.7 Å². The summed E-state index contributed by atoms with van der Waals surface area (Å²) in [6.45, 7) is 0. The molecule has 3 heteroatoms. The minimum absolute atomic E-state index is 0.676. The van der Waals surface area contributed by atoms with E-state index in [0.29, 0.717) is 5.95 Å². The summed E-state index contributed by atoms with van der Waals surface area (Å²) in [6.07, 6.45) is 0. The standard InChI is InChI=1S/C36H23N3/c1-2-11-24(12-3-1)26-21-22-34-31(23-26)28-16-7-9-20-33(28)39(34)36-37-32-19-8-6-17-30(32)35(38-36)29-18-10-14-25-13-4-5-15-27(25)29/h1-23H. The van der Waals surface area contributed by atoms with Gasteiger partial charge in [0.25, 0.3) is 0 Å². The van der Waals surface area contributed by atoms with Gasteiger partial charge in [0.15, 0.2) is 0 Å². The Bertz CT molecular complexity index is 2170. The lowest BCUT2D eigenvalue weighted by Gasteiger charge is -2.13. The molecule has 3 nitrogen and oxygen atoms in total. The molecule has 0 aliphatic heterocycles. The van der Waals surface area contributed by atoms with Crippen molar-refractivity contribution in [1.82, 2.24) is 14.5 Å². The van der Waals surface area contributed by atoms with Crippen LogP contribution in [0, 0.1) is 0 Å². The Kier molecular flexibility index (Phi) is 4.82. The maximum atomic E-state index is 5.30. The van der Waals surface area contributed by atoms with E-state index >= 15 is 0 Å². The molecule has 2 heterocycles. The molecule has 0 N–H and O–H groups in total. The number of aromatic nitrogens is 3. The fourth-order valence-electron chi connectivity index (χ4n) is 5.80. The molecule has 0 saturated heterocycles. The fourth-order valence-corrected chi connectivity index (χ4v) is 5.80. The molecule has 0 saturated carbocycles. The predicted octanol–water partition coefficient (Wildman–Crippen LogP) is 9.21. The zero-order valence-corrected chi connectivity index (χ0v) is 21.1. The summed E-state index contributed by atoms with van der Waals surface area (Å²) < 4.78 is 2.21. The Morgan fingerprint density at radius 1 is 0.436 bits per heavy atom. The first-order chi connectivity index (χ1) is 19.3. The summed E-state index contributed by atoms with van der Waals surface area (Å²) in [5.74, 6) is 0.676. The molecule has 8 aromatic rings. The summed E-state index contributed by atoms with van der Waals surface area (Å²) in [7, 11) is 0. The Morgan fingerprint density at radius 2 is 1.13 bits per heavy atom. The highest BCUT2D eigenvalue weighted by Crippen LogP contribution is 2.37. The van der Waals surface area contributed by atoms with E-state index in [0.717, 1.165) is 33.2 Å². The molecule has 0 amide bonds. The second-order valence-corrected chi connectivity index (χ2v) is 9.87. The van der Waals surface area contributed by atoms with Crippen LogP contribution < -0.4 is 0 Å². The number of para-hydroxylation sites is 2. The van der Waals surface area contributed by atoms with Crippen molar-refractivity contribution in [2.75, 3.05) is 0 Å². The van der Waals surface area contributed by atoms with E-state index in [2.05, 4.69) is 138 Å². The highest BCUT2D eigenvalue weighted by molar-refractivity contribution is 6.10. The van der Waals surface area contributed by atoms with Crippen LogP contribution in [0.5, 0.6) is 0 Å². The third-order valence-corrected chi connectivity index (χ3v) is 7.62. The molecule has 0 aliphatic carbocycles. The highest BCUT2D eigenvalue weighted by atomic mass is 15.2. The van der Waals surface area contributed by atoms with Gasteiger partial charge in [-0.25, -0.2) is 9.97 Å². The highest BCUT2D eigenvalue weighted by Gasteiger charge is 2.18. The summed E-state index contributed by atoms with van der Waals surface area (Å²) in [4.78, 5) is 10.4. The van der Waals surface area contributed by atoms with Crippen molar-refractivity contribution < 1.29 is 0 Å². The summed E-state index contributed by atoms with van der Waals surface area (Å²) in [5.41, 5.74) is 7.57. The monoisotopic (exact) mass is 497 g/mol. The molecule has 8 rings (SSSR count). The lowest BCUT2D eigenvalue weighted by molar-refractivity contribution is 1.01. The van der Waals surface area contributed by atoms with E-state index in [9.17, 15) is 0 Å². The normalized spacial score (nSPS) is 11.6. The van der Waals surface area contributed by atoms with Gasteiger partial charge in [-0.05, 0) is 46.2 Å². The van der Waals surface area contributed by atoms with Gasteiger partial charge >= 0.3 is 0 Å². The van der Waals surface area contributed by atoms with E-state index in [1.807, 2.05) is 6.07 Å². The van der Waals surface area contributed by atoms with Gasteiger partial charge in [-0.1, -0.05) is 115 Å². The molecule has 0 unspecified atom stereocenters. The quantitative estimate of drug-likeness (QED) is 0.244. The smallest absolute Gasteiger partial charge is 0.235 e. The first-order valence-corrected chi connectivity index (χ1v) is 13.2. The molecule has 182 valence electrons. The lowest BCUT2D eigenvalue weighted by Crippen LogP contribution is -2.03. The lowest BCUT2D eigenvalue weighted by atomic mass is 9.99. The molecule has 0 aliphatic rings. The van der Waals surface area contributed by atoms with E-state index < -0.39 is 0 Å². The summed E-state index contributed by atoms with van der Waals surface area (Å²) >= 11 is 0. The van der Waals surface area contributed by atoms with Gasteiger partial charge < -0.3 is 0 Å². The first kappa shape index (κ1) is 21.8. The van der Waals surface area contributed by atoms with Gasteiger partial charge in [-0.3, -0.25) is 4.57 Å². The number of nitrogens with zero attached hydrogens (tertiary/aromatic N) is 3. The van der Waals surface area contributed by atoms with Crippen molar-refractivity contribution in [1.29, 1.82) is 0 Å². The second kappa shape index (κ2) is 8.64. The van der Waals surface area contributed by atoms with Gasteiger partial charge in [0.05, 0.1) is 22.2 Å².